The first-order valence-electron chi connectivity index (χ1n) is 4.77. The molecule has 4 nitrogen and oxygen atoms in total. The fraction of sp³-hybridized carbons (Fsp3) is 0. The number of benzene rings is 2. The molecule has 0 amide bonds. The minimum atomic E-state index is -1.02. The Labute approximate surface area is 96.9 Å². The first kappa shape index (κ1) is 10.7. The summed E-state index contributed by atoms with van der Waals surface area (Å²) in [4.78, 5) is 10.8. The van der Waals surface area contributed by atoms with Crippen molar-refractivity contribution >= 4 is 16.7 Å². The Morgan fingerprint density at radius 1 is 1.00 bits per heavy atom. The molecule has 2 rings (SSSR count). The highest BCUT2D eigenvalue weighted by atomic mass is 16.4. The number of carbonyl (C=O) groups is 1. The molecule has 0 bridgehead atoms. The number of hydrogen-bond acceptors (Lipinski definition) is 3. The zero-order valence-corrected chi connectivity index (χ0v) is 8.64. The molecule has 0 saturated heterocycles. The molecule has 0 unspecified atom stereocenters. The van der Waals surface area contributed by atoms with E-state index in [-0.39, 0.29) is 11.1 Å². The molecular formula is C13H6N2O2. The van der Waals surface area contributed by atoms with Gasteiger partial charge < -0.3 is 5.11 Å². The molecule has 0 aliphatic rings. The minimum absolute atomic E-state index is 0.158. The summed E-state index contributed by atoms with van der Waals surface area (Å²) >= 11 is 0. The summed E-state index contributed by atoms with van der Waals surface area (Å²) in [6.07, 6.45) is 0. The highest BCUT2D eigenvalue weighted by Crippen LogP contribution is 2.21. The first-order chi connectivity index (χ1) is 8.15. The lowest BCUT2D eigenvalue weighted by Gasteiger charge is -2.02. The number of nitriles is 2. The van der Waals surface area contributed by atoms with Crippen LogP contribution in [0.3, 0.4) is 0 Å². The molecule has 0 radical (unpaired) electrons. The Bertz CT molecular complexity index is 706. The molecule has 80 valence electrons. The molecule has 0 fully saturated rings. The van der Waals surface area contributed by atoms with Crippen LogP contribution in [0, 0.1) is 22.7 Å². The molecule has 0 saturated carbocycles. The summed E-state index contributed by atoms with van der Waals surface area (Å²) in [6.45, 7) is 0. The third-order valence-corrected chi connectivity index (χ3v) is 2.46. The van der Waals surface area contributed by atoms with Gasteiger partial charge in [-0.25, -0.2) is 4.79 Å². The van der Waals surface area contributed by atoms with E-state index >= 15 is 0 Å². The second-order valence-corrected chi connectivity index (χ2v) is 3.49. The van der Waals surface area contributed by atoms with Gasteiger partial charge in [-0.05, 0) is 35.0 Å². The highest BCUT2D eigenvalue weighted by Gasteiger charge is 2.07. The molecular weight excluding hydrogens is 216 g/mol. The predicted octanol–water partition coefficient (Wildman–Crippen LogP) is 2.28. The zero-order chi connectivity index (χ0) is 12.4. The third kappa shape index (κ3) is 1.80. The zero-order valence-electron chi connectivity index (χ0n) is 8.64. The maximum Gasteiger partial charge on any atom is 0.335 e. The monoisotopic (exact) mass is 222 g/mol. The minimum Gasteiger partial charge on any atom is -0.478 e. The van der Waals surface area contributed by atoms with Gasteiger partial charge in [0.2, 0.25) is 0 Å². The number of carboxylic acids is 1. The Morgan fingerprint density at radius 2 is 1.59 bits per heavy atom. The predicted molar refractivity (Wildman–Crippen MR) is 60.3 cm³/mol. The largest absolute Gasteiger partial charge is 0.478 e. The van der Waals surface area contributed by atoms with E-state index in [1.807, 2.05) is 12.1 Å². The van der Waals surface area contributed by atoms with Crippen molar-refractivity contribution in [3.8, 4) is 12.1 Å². The van der Waals surface area contributed by atoms with Gasteiger partial charge in [0, 0.05) is 0 Å². The normalized spacial score (nSPS) is 9.53. The van der Waals surface area contributed by atoms with Crippen LogP contribution in [-0.4, -0.2) is 11.1 Å². The van der Waals surface area contributed by atoms with E-state index in [0.717, 1.165) is 5.39 Å². The summed E-state index contributed by atoms with van der Waals surface area (Å²) in [6, 6.07) is 11.5. The lowest BCUT2D eigenvalue weighted by atomic mass is 10.0. The summed E-state index contributed by atoms with van der Waals surface area (Å²) < 4.78 is 0. The van der Waals surface area contributed by atoms with Gasteiger partial charge in [0.05, 0.1) is 16.7 Å². The van der Waals surface area contributed by atoms with E-state index < -0.39 is 5.97 Å². The van der Waals surface area contributed by atoms with Gasteiger partial charge in [-0.3, -0.25) is 0 Å². The number of fused-ring (bicyclic) bond motifs is 1. The molecule has 0 heterocycles. The van der Waals surface area contributed by atoms with Crippen LogP contribution in [0.5, 0.6) is 0 Å². The lowest BCUT2D eigenvalue weighted by molar-refractivity contribution is 0.0697. The van der Waals surface area contributed by atoms with E-state index in [9.17, 15) is 4.79 Å². The number of rotatable bonds is 1. The van der Waals surface area contributed by atoms with Gasteiger partial charge in [0.15, 0.2) is 0 Å². The van der Waals surface area contributed by atoms with Crippen molar-refractivity contribution in [2.45, 2.75) is 0 Å². The van der Waals surface area contributed by atoms with Crippen LogP contribution >= 0.6 is 0 Å². The van der Waals surface area contributed by atoms with E-state index in [0.29, 0.717) is 10.9 Å². The molecule has 1 N–H and O–H groups in total. The van der Waals surface area contributed by atoms with Gasteiger partial charge in [0.25, 0.3) is 0 Å². The molecule has 4 heteroatoms. The second kappa shape index (κ2) is 3.96. The molecule has 0 atom stereocenters. The van der Waals surface area contributed by atoms with E-state index in [2.05, 4.69) is 0 Å². The van der Waals surface area contributed by atoms with E-state index in [1.54, 1.807) is 12.1 Å². The van der Waals surface area contributed by atoms with Crippen LogP contribution in [0.4, 0.5) is 0 Å². The van der Waals surface area contributed by atoms with E-state index in [4.69, 9.17) is 15.6 Å². The average molecular weight is 222 g/mol. The molecule has 2 aromatic carbocycles. The molecule has 17 heavy (non-hydrogen) atoms. The third-order valence-electron chi connectivity index (χ3n) is 2.46. The van der Waals surface area contributed by atoms with Crippen molar-refractivity contribution in [1.82, 2.24) is 0 Å². The van der Waals surface area contributed by atoms with Crippen LogP contribution in [0.2, 0.25) is 0 Å². The van der Waals surface area contributed by atoms with Crippen LogP contribution in [0.1, 0.15) is 21.5 Å². The SMILES string of the molecule is N#Cc1cc2ccc(C(=O)O)cc2cc1C#N. The van der Waals surface area contributed by atoms with E-state index in [1.165, 1.54) is 18.2 Å². The van der Waals surface area contributed by atoms with Crippen LogP contribution < -0.4 is 0 Å². The standard InChI is InChI=1S/C13H6N2O2/c14-6-11-3-8-1-2-9(13(16)17)4-10(8)5-12(11)7-15/h1-5H,(H,16,17). The topological polar surface area (TPSA) is 84.9 Å². The van der Waals surface area contributed by atoms with Crippen LogP contribution in [-0.2, 0) is 0 Å². The maximum atomic E-state index is 10.8. The molecule has 0 aliphatic carbocycles. The van der Waals surface area contributed by atoms with Crippen molar-refractivity contribution in [2.24, 2.45) is 0 Å². The molecule has 0 aromatic heterocycles. The number of carboxylic acid groups (broad SMARTS) is 1. The number of nitrogens with zero attached hydrogens (tertiary/aromatic N) is 2. The van der Waals surface area contributed by atoms with Crippen molar-refractivity contribution in [3.05, 3.63) is 47.0 Å². The maximum absolute atomic E-state index is 10.8. The smallest absolute Gasteiger partial charge is 0.335 e. The van der Waals surface area contributed by atoms with Crippen LogP contribution in [0.15, 0.2) is 30.3 Å². The molecule has 0 spiro atoms. The Kier molecular flexibility index (Phi) is 2.48. The Balaban J connectivity index is 2.77. The van der Waals surface area contributed by atoms with Gasteiger partial charge in [-0.1, -0.05) is 6.07 Å². The van der Waals surface area contributed by atoms with Crippen molar-refractivity contribution < 1.29 is 9.90 Å². The molecule has 0 aliphatic heterocycles. The quantitative estimate of drug-likeness (QED) is 0.802. The first-order valence-corrected chi connectivity index (χ1v) is 4.77. The summed E-state index contributed by atoms with van der Waals surface area (Å²) in [5.41, 5.74) is 0.705. The fourth-order valence-electron chi connectivity index (χ4n) is 1.62. The van der Waals surface area contributed by atoms with Gasteiger partial charge in [0.1, 0.15) is 12.1 Å². The number of hydrogen-bond donors (Lipinski definition) is 1. The second-order valence-electron chi connectivity index (χ2n) is 3.49. The summed E-state index contributed by atoms with van der Waals surface area (Å²) in [5, 5.41) is 28.0. The van der Waals surface area contributed by atoms with Gasteiger partial charge in [-0.2, -0.15) is 10.5 Å². The van der Waals surface area contributed by atoms with Crippen LogP contribution in [0.25, 0.3) is 10.8 Å². The Hall–Kier alpha value is -2.85. The van der Waals surface area contributed by atoms with Crippen molar-refractivity contribution in [2.75, 3.05) is 0 Å². The molecule has 2 aromatic rings. The highest BCUT2D eigenvalue weighted by molar-refractivity contribution is 5.95. The lowest BCUT2D eigenvalue weighted by Crippen LogP contribution is -1.95. The number of aromatic carboxylic acids is 1. The van der Waals surface area contributed by atoms with Crippen molar-refractivity contribution in [3.63, 3.8) is 0 Å². The summed E-state index contributed by atoms with van der Waals surface area (Å²) in [5.74, 6) is -1.02. The summed E-state index contributed by atoms with van der Waals surface area (Å²) in [7, 11) is 0. The van der Waals surface area contributed by atoms with Gasteiger partial charge >= 0.3 is 5.97 Å². The Morgan fingerprint density at radius 3 is 2.12 bits per heavy atom. The average Bonchev–Trinajstić information content (AvgIpc) is 2.36. The van der Waals surface area contributed by atoms with Crippen molar-refractivity contribution in [1.29, 1.82) is 10.5 Å². The van der Waals surface area contributed by atoms with Gasteiger partial charge in [-0.15, -0.1) is 0 Å². The fourth-order valence-corrected chi connectivity index (χ4v) is 1.62.